The molecule has 1 fully saturated rings. The third kappa shape index (κ3) is 1.50. The van der Waals surface area contributed by atoms with E-state index in [0.717, 1.165) is 0 Å². The van der Waals surface area contributed by atoms with Crippen molar-refractivity contribution in [3.05, 3.63) is 0 Å². The second-order valence-corrected chi connectivity index (χ2v) is 2.80. The summed E-state index contributed by atoms with van der Waals surface area (Å²) in [5.74, 6) is 0. The number of hydrogen-bond acceptors (Lipinski definition) is 3. The lowest BCUT2D eigenvalue weighted by atomic mass is 10.3. The minimum atomic E-state index is -0.565. The lowest BCUT2D eigenvalue weighted by Crippen LogP contribution is -2.32. The zero-order chi connectivity index (χ0) is 8.43. The molecule has 0 aromatic heterocycles. The summed E-state index contributed by atoms with van der Waals surface area (Å²) in [6.07, 6.45) is -0.303. The van der Waals surface area contributed by atoms with E-state index < -0.39 is 12.2 Å². The lowest BCUT2D eigenvalue weighted by Gasteiger charge is -2.16. The molecule has 4 heteroatoms. The molecule has 4 nitrogen and oxygen atoms in total. The third-order valence-electron chi connectivity index (χ3n) is 1.64. The van der Waals surface area contributed by atoms with Gasteiger partial charge >= 0.3 is 6.09 Å². The second kappa shape index (κ2) is 2.90. The van der Waals surface area contributed by atoms with Gasteiger partial charge in [0.25, 0.3) is 0 Å². The summed E-state index contributed by atoms with van der Waals surface area (Å²) in [7, 11) is 0. The van der Waals surface area contributed by atoms with Crippen molar-refractivity contribution in [3.63, 3.8) is 0 Å². The van der Waals surface area contributed by atoms with E-state index in [1.807, 2.05) is 13.8 Å². The van der Waals surface area contributed by atoms with Gasteiger partial charge in [-0.3, -0.25) is 4.79 Å². The van der Waals surface area contributed by atoms with Crippen LogP contribution in [0.5, 0.6) is 0 Å². The van der Waals surface area contributed by atoms with Crippen LogP contribution >= 0.6 is 0 Å². The van der Waals surface area contributed by atoms with Crippen molar-refractivity contribution in [1.82, 2.24) is 4.90 Å². The molecule has 1 heterocycles. The van der Waals surface area contributed by atoms with E-state index in [1.165, 1.54) is 4.90 Å². The highest BCUT2D eigenvalue weighted by Gasteiger charge is 2.32. The van der Waals surface area contributed by atoms with Gasteiger partial charge in [-0.05, 0) is 13.8 Å². The topological polar surface area (TPSA) is 46.6 Å². The molecule has 0 saturated carbocycles. The minimum Gasteiger partial charge on any atom is -0.436 e. The Hall–Kier alpha value is -1.06. The standard InChI is InChI=1S/C7H11NO3/c1-5(2)8-3-6(4-9)11-7(8)10/h4-6H,3H2,1-2H3/t6-/m0/s1. The van der Waals surface area contributed by atoms with E-state index in [9.17, 15) is 9.59 Å². The van der Waals surface area contributed by atoms with Crippen LogP contribution in [-0.4, -0.2) is 36.0 Å². The molecule has 1 saturated heterocycles. The predicted octanol–water partition coefficient (Wildman–Crippen LogP) is 0.415. The summed E-state index contributed by atoms with van der Waals surface area (Å²) >= 11 is 0. The maximum absolute atomic E-state index is 10.9. The van der Waals surface area contributed by atoms with Crippen LogP contribution in [0.3, 0.4) is 0 Å². The maximum atomic E-state index is 10.9. The van der Waals surface area contributed by atoms with Crippen LogP contribution in [0.25, 0.3) is 0 Å². The van der Waals surface area contributed by atoms with Crippen molar-refractivity contribution in [2.75, 3.05) is 6.54 Å². The molecule has 62 valence electrons. The maximum Gasteiger partial charge on any atom is 0.410 e. The van der Waals surface area contributed by atoms with Gasteiger partial charge < -0.3 is 9.64 Å². The highest BCUT2D eigenvalue weighted by Crippen LogP contribution is 2.12. The number of amides is 1. The van der Waals surface area contributed by atoms with Crippen LogP contribution in [0.1, 0.15) is 13.8 Å². The highest BCUT2D eigenvalue weighted by molar-refractivity contribution is 5.75. The summed E-state index contributed by atoms with van der Waals surface area (Å²) in [5, 5.41) is 0. The first-order valence-electron chi connectivity index (χ1n) is 3.57. The number of ether oxygens (including phenoxy) is 1. The Labute approximate surface area is 65.1 Å². The quantitative estimate of drug-likeness (QED) is 0.545. The number of cyclic esters (lactones) is 1. The molecule has 1 aliphatic rings. The molecule has 0 aromatic carbocycles. The lowest BCUT2D eigenvalue weighted by molar-refractivity contribution is -0.113. The smallest absolute Gasteiger partial charge is 0.410 e. The number of carbonyl (C=O) groups is 2. The molecule has 1 atom stereocenters. The molecule has 0 aliphatic carbocycles. The van der Waals surface area contributed by atoms with E-state index in [2.05, 4.69) is 0 Å². The van der Waals surface area contributed by atoms with Crippen molar-refractivity contribution in [3.8, 4) is 0 Å². The number of rotatable bonds is 2. The average Bonchev–Trinajstić information content (AvgIpc) is 2.30. The Morgan fingerprint density at radius 2 is 2.36 bits per heavy atom. The molecular formula is C7H11NO3. The summed E-state index contributed by atoms with van der Waals surface area (Å²) in [5.41, 5.74) is 0. The molecule has 1 aliphatic heterocycles. The highest BCUT2D eigenvalue weighted by atomic mass is 16.6. The minimum absolute atomic E-state index is 0.104. The van der Waals surface area contributed by atoms with Gasteiger partial charge in [-0.1, -0.05) is 0 Å². The van der Waals surface area contributed by atoms with Crippen molar-refractivity contribution >= 4 is 12.4 Å². The fourth-order valence-corrected chi connectivity index (χ4v) is 0.995. The van der Waals surface area contributed by atoms with Gasteiger partial charge in [-0.2, -0.15) is 0 Å². The average molecular weight is 157 g/mol. The van der Waals surface area contributed by atoms with Crippen molar-refractivity contribution in [2.24, 2.45) is 0 Å². The zero-order valence-corrected chi connectivity index (χ0v) is 6.61. The second-order valence-electron chi connectivity index (χ2n) is 2.80. The van der Waals surface area contributed by atoms with Gasteiger partial charge in [-0.15, -0.1) is 0 Å². The zero-order valence-electron chi connectivity index (χ0n) is 6.61. The summed E-state index contributed by atoms with van der Waals surface area (Å²) in [6.45, 7) is 4.16. The fraction of sp³-hybridized carbons (Fsp3) is 0.714. The van der Waals surface area contributed by atoms with Gasteiger partial charge in [0.05, 0.1) is 6.54 Å². The number of carbonyl (C=O) groups excluding carboxylic acids is 2. The van der Waals surface area contributed by atoms with Crippen LogP contribution in [0.2, 0.25) is 0 Å². The Morgan fingerprint density at radius 1 is 1.73 bits per heavy atom. The number of hydrogen-bond donors (Lipinski definition) is 0. The largest absolute Gasteiger partial charge is 0.436 e. The molecule has 11 heavy (non-hydrogen) atoms. The van der Waals surface area contributed by atoms with Gasteiger partial charge in [-0.25, -0.2) is 4.79 Å². The summed E-state index contributed by atoms with van der Waals surface area (Å²) in [6, 6.07) is 0.104. The third-order valence-corrected chi connectivity index (χ3v) is 1.64. The molecule has 0 radical (unpaired) electrons. The first-order valence-corrected chi connectivity index (χ1v) is 3.57. The fourth-order valence-electron chi connectivity index (χ4n) is 0.995. The predicted molar refractivity (Wildman–Crippen MR) is 38.2 cm³/mol. The van der Waals surface area contributed by atoms with Crippen LogP contribution in [0.15, 0.2) is 0 Å². The Bertz CT molecular complexity index is 179. The summed E-state index contributed by atoms with van der Waals surface area (Å²) in [4.78, 5) is 22.7. The summed E-state index contributed by atoms with van der Waals surface area (Å²) < 4.78 is 4.70. The van der Waals surface area contributed by atoms with E-state index in [0.29, 0.717) is 12.8 Å². The SMILES string of the molecule is CC(C)N1C[C@@H](C=O)OC1=O. The van der Waals surface area contributed by atoms with Gasteiger partial charge in [0.1, 0.15) is 0 Å². The normalized spacial score (nSPS) is 24.1. The molecule has 1 amide bonds. The Balaban J connectivity index is 2.58. The van der Waals surface area contributed by atoms with Crippen LogP contribution in [0, 0.1) is 0 Å². The molecule has 0 unspecified atom stereocenters. The molecule has 0 bridgehead atoms. The van der Waals surface area contributed by atoms with E-state index in [1.54, 1.807) is 0 Å². The first kappa shape index (κ1) is 8.04. The van der Waals surface area contributed by atoms with Crippen LogP contribution in [0.4, 0.5) is 4.79 Å². The van der Waals surface area contributed by atoms with Crippen molar-refractivity contribution in [1.29, 1.82) is 0 Å². The van der Waals surface area contributed by atoms with Crippen LogP contribution < -0.4 is 0 Å². The van der Waals surface area contributed by atoms with Crippen molar-refractivity contribution < 1.29 is 14.3 Å². The number of aldehydes is 1. The van der Waals surface area contributed by atoms with Gasteiger partial charge in [0.15, 0.2) is 12.4 Å². The molecule has 0 spiro atoms. The molecule has 0 aromatic rings. The first-order chi connectivity index (χ1) is 5.15. The molecule has 0 N–H and O–H groups in total. The molecular weight excluding hydrogens is 146 g/mol. The molecule has 1 rings (SSSR count). The van der Waals surface area contributed by atoms with Gasteiger partial charge in [0.2, 0.25) is 0 Å². The van der Waals surface area contributed by atoms with E-state index in [4.69, 9.17) is 4.74 Å². The van der Waals surface area contributed by atoms with Crippen LogP contribution in [-0.2, 0) is 9.53 Å². The van der Waals surface area contributed by atoms with E-state index in [-0.39, 0.29) is 6.04 Å². The Kier molecular flexibility index (Phi) is 2.12. The Morgan fingerprint density at radius 3 is 2.64 bits per heavy atom. The van der Waals surface area contributed by atoms with Gasteiger partial charge in [0, 0.05) is 6.04 Å². The van der Waals surface area contributed by atoms with E-state index >= 15 is 0 Å². The monoisotopic (exact) mass is 157 g/mol. The number of nitrogens with zero attached hydrogens (tertiary/aromatic N) is 1. The van der Waals surface area contributed by atoms with Crippen molar-refractivity contribution in [2.45, 2.75) is 26.0 Å².